The Labute approximate surface area is 98.2 Å². The summed E-state index contributed by atoms with van der Waals surface area (Å²) in [6.07, 6.45) is -0.189. The van der Waals surface area contributed by atoms with Crippen LogP contribution in [0.15, 0.2) is 16.6 Å². The van der Waals surface area contributed by atoms with Gasteiger partial charge in [-0.3, -0.25) is 9.59 Å². The van der Waals surface area contributed by atoms with Crippen LogP contribution in [0.3, 0.4) is 0 Å². The van der Waals surface area contributed by atoms with Crippen LogP contribution >= 0.6 is 15.9 Å². The topological polar surface area (TPSA) is 37.4 Å². The number of carbonyl (C=O) groups excluding carboxylic acids is 2. The largest absolute Gasteiger partial charge is 0.303 e. The molecule has 16 heavy (non-hydrogen) atoms. The van der Waals surface area contributed by atoms with Crippen molar-refractivity contribution in [1.82, 2.24) is 0 Å². The lowest BCUT2D eigenvalue weighted by atomic mass is 10.3. The maximum Gasteiger partial charge on any atom is 0.234 e. The summed E-state index contributed by atoms with van der Waals surface area (Å²) >= 11 is 3.03. The van der Waals surface area contributed by atoms with Crippen LogP contribution in [0, 0.1) is 11.6 Å². The summed E-state index contributed by atoms with van der Waals surface area (Å²) in [7, 11) is 0. The van der Waals surface area contributed by atoms with Gasteiger partial charge in [0.25, 0.3) is 0 Å². The first-order valence-corrected chi connectivity index (χ1v) is 5.25. The molecule has 84 valence electrons. The maximum atomic E-state index is 13.0. The molecule has 0 aromatic heterocycles. The van der Waals surface area contributed by atoms with Gasteiger partial charge in [0.2, 0.25) is 5.91 Å². The van der Waals surface area contributed by atoms with Gasteiger partial charge in [-0.05, 0) is 22.0 Å². The molecule has 0 bridgehead atoms. The van der Waals surface area contributed by atoms with E-state index in [-0.39, 0.29) is 28.9 Å². The zero-order valence-electron chi connectivity index (χ0n) is 7.97. The van der Waals surface area contributed by atoms with E-state index in [1.807, 2.05) is 0 Å². The van der Waals surface area contributed by atoms with Crippen molar-refractivity contribution < 1.29 is 18.4 Å². The Morgan fingerprint density at radius 3 is 2.38 bits per heavy atom. The molecule has 1 aliphatic heterocycles. The molecule has 0 unspecified atom stereocenters. The molecule has 1 aromatic carbocycles. The van der Waals surface area contributed by atoms with Gasteiger partial charge < -0.3 is 4.90 Å². The summed E-state index contributed by atoms with van der Waals surface area (Å²) in [5.74, 6) is -2.70. The molecular weight excluding hydrogens is 284 g/mol. The Morgan fingerprint density at radius 2 is 1.81 bits per heavy atom. The SMILES string of the molecule is O=C1CC(=O)N(c2cc(F)c(F)cc2Br)C1. The molecule has 3 nitrogen and oxygen atoms in total. The average molecular weight is 290 g/mol. The normalized spacial score (nSPS) is 16.1. The molecule has 0 atom stereocenters. The summed E-state index contributed by atoms with van der Waals surface area (Å²) in [5.41, 5.74) is 0.176. The van der Waals surface area contributed by atoms with E-state index < -0.39 is 17.5 Å². The number of carbonyl (C=O) groups is 2. The minimum absolute atomic E-state index is 0.0947. The molecule has 1 amide bonds. The number of hydrogen-bond donors (Lipinski definition) is 0. The number of Topliss-reactive ketones (excluding diaryl/α,β-unsaturated/α-hetero) is 1. The van der Waals surface area contributed by atoms with Crippen molar-refractivity contribution in [3.8, 4) is 0 Å². The standard InChI is InChI=1S/C10H6BrF2NO2/c11-6-2-7(12)8(13)3-9(6)14-4-5(15)1-10(14)16/h2-3H,1,4H2. The summed E-state index contributed by atoms with van der Waals surface area (Å²) in [4.78, 5) is 23.6. The highest BCUT2D eigenvalue weighted by Crippen LogP contribution is 2.30. The highest BCUT2D eigenvalue weighted by molar-refractivity contribution is 9.10. The third-order valence-corrected chi connectivity index (χ3v) is 2.90. The molecule has 0 radical (unpaired) electrons. The Bertz CT molecular complexity index is 490. The highest BCUT2D eigenvalue weighted by Gasteiger charge is 2.30. The predicted octanol–water partition coefficient (Wildman–Crippen LogP) is 2.03. The zero-order valence-corrected chi connectivity index (χ0v) is 9.55. The minimum Gasteiger partial charge on any atom is -0.303 e. The Kier molecular flexibility index (Phi) is 2.75. The molecular formula is C10H6BrF2NO2. The monoisotopic (exact) mass is 289 g/mol. The van der Waals surface area contributed by atoms with Crippen LogP contribution in [0.4, 0.5) is 14.5 Å². The molecule has 1 aromatic rings. The number of hydrogen-bond acceptors (Lipinski definition) is 2. The molecule has 0 N–H and O–H groups in total. The van der Waals surface area contributed by atoms with Crippen molar-refractivity contribution >= 4 is 33.3 Å². The van der Waals surface area contributed by atoms with Crippen LogP contribution in [0.2, 0.25) is 0 Å². The van der Waals surface area contributed by atoms with Gasteiger partial charge in [0, 0.05) is 10.5 Å². The second-order valence-corrected chi connectivity index (χ2v) is 4.27. The second-order valence-electron chi connectivity index (χ2n) is 3.41. The first-order chi connectivity index (χ1) is 7.49. The number of ketones is 1. The minimum atomic E-state index is -1.05. The first kappa shape index (κ1) is 11.2. The fourth-order valence-corrected chi connectivity index (χ4v) is 2.05. The second kappa shape index (κ2) is 3.93. The van der Waals surface area contributed by atoms with E-state index in [0.717, 1.165) is 17.0 Å². The highest BCUT2D eigenvalue weighted by atomic mass is 79.9. The van der Waals surface area contributed by atoms with E-state index >= 15 is 0 Å². The lowest BCUT2D eigenvalue weighted by Gasteiger charge is -2.16. The van der Waals surface area contributed by atoms with Crippen LogP contribution in [-0.2, 0) is 9.59 Å². The van der Waals surface area contributed by atoms with Crippen molar-refractivity contribution in [1.29, 1.82) is 0 Å². The Balaban J connectivity index is 2.45. The van der Waals surface area contributed by atoms with Crippen molar-refractivity contribution in [3.63, 3.8) is 0 Å². The maximum absolute atomic E-state index is 13.0. The van der Waals surface area contributed by atoms with Gasteiger partial charge in [0.05, 0.1) is 18.7 Å². The molecule has 1 heterocycles. The van der Waals surface area contributed by atoms with Gasteiger partial charge in [-0.1, -0.05) is 0 Å². The first-order valence-electron chi connectivity index (χ1n) is 4.45. The van der Waals surface area contributed by atoms with E-state index in [1.165, 1.54) is 0 Å². The van der Waals surface area contributed by atoms with Gasteiger partial charge in [-0.15, -0.1) is 0 Å². The molecule has 0 aliphatic carbocycles. The molecule has 1 aliphatic rings. The van der Waals surface area contributed by atoms with Gasteiger partial charge in [-0.2, -0.15) is 0 Å². The average Bonchev–Trinajstić information content (AvgIpc) is 2.51. The lowest BCUT2D eigenvalue weighted by molar-refractivity contribution is -0.121. The van der Waals surface area contributed by atoms with Crippen molar-refractivity contribution in [2.45, 2.75) is 6.42 Å². The van der Waals surface area contributed by atoms with Gasteiger partial charge >= 0.3 is 0 Å². The lowest BCUT2D eigenvalue weighted by Crippen LogP contribution is -2.25. The van der Waals surface area contributed by atoms with Crippen molar-refractivity contribution in [2.75, 3.05) is 11.4 Å². The molecule has 2 rings (SSSR count). The predicted molar refractivity (Wildman–Crippen MR) is 56.0 cm³/mol. The number of amides is 1. The summed E-state index contributed by atoms with van der Waals surface area (Å²) in [6.45, 7) is -0.0947. The van der Waals surface area contributed by atoms with Crippen LogP contribution in [0.5, 0.6) is 0 Å². The van der Waals surface area contributed by atoms with Crippen molar-refractivity contribution in [2.24, 2.45) is 0 Å². The number of rotatable bonds is 1. The van der Waals surface area contributed by atoms with Gasteiger partial charge in [0.15, 0.2) is 17.4 Å². The van der Waals surface area contributed by atoms with Crippen LogP contribution in [0.1, 0.15) is 6.42 Å². The van der Waals surface area contributed by atoms with E-state index in [1.54, 1.807) is 0 Å². The van der Waals surface area contributed by atoms with Crippen LogP contribution in [-0.4, -0.2) is 18.2 Å². The Hall–Kier alpha value is -1.30. The molecule has 6 heteroatoms. The quantitative estimate of drug-likeness (QED) is 0.586. The number of anilines is 1. The fraction of sp³-hybridized carbons (Fsp3) is 0.200. The van der Waals surface area contributed by atoms with E-state index in [4.69, 9.17) is 0 Å². The summed E-state index contributed by atoms with van der Waals surface area (Å²) in [6, 6.07) is 1.83. The number of benzene rings is 1. The summed E-state index contributed by atoms with van der Waals surface area (Å²) < 4.78 is 26.1. The van der Waals surface area contributed by atoms with Gasteiger partial charge in [-0.25, -0.2) is 8.78 Å². The van der Waals surface area contributed by atoms with E-state index in [0.29, 0.717) is 0 Å². The fourth-order valence-electron chi connectivity index (χ4n) is 1.52. The van der Waals surface area contributed by atoms with E-state index in [9.17, 15) is 18.4 Å². The molecule has 1 fully saturated rings. The van der Waals surface area contributed by atoms with E-state index in [2.05, 4.69) is 15.9 Å². The molecule has 1 saturated heterocycles. The smallest absolute Gasteiger partial charge is 0.234 e. The van der Waals surface area contributed by atoms with Crippen LogP contribution < -0.4 is 4.90 Å². The number of halogens is 3. The third kappa shape index (κ3) is 1.84. The Morgan fingerprint density at radius 1 is 1.19 bits per heavy atom. The molecule has 0 saturated carbocycles. The molecule has 0 spiro atoms. The third-order valence-electron chi connectivity index (χ3n) is 2.26. The van der Waals surface area contributed by atoms with Gasteiger partial charge in [0.1, 0.15) is 0 Å². The number of nitrogens with zero attached hydrogens (tertiary/aromatic N) is 1. The zero-order chi connectivity index (χ0) is 11.9. The summed E-state index contributed by atoms with van der Waals surface area (Å²) in [5, 5.41) is 0. The van der Waals surface area contributed by atoms with Crippen LogP contribution in [0.25, 0.3) is 0 Å². The van der Waals surface area contributed by atoms with Crippen molar-refractivity contribution in [3.05, 3.63) is 28.2 Å².